The molecule has 1 unspecified atom stereocenters. The number of hydrogen-bond acceptors (Lipinski definition) is 2. The van der Waals surface area contributed by atoms with Gasteiger partial charge in [-0.25, -0.2) is 8.78 Å². The summed E-state index contributed by atoms with van der Waals surface area (Å²) in [6, 6.07) is 4.50. The van der Waals surface area contributed by atoms with Crippen molar-refractivity contribution in [1.29, 1.82) is 0 Å². The number of benzene rings is 1. The third kappa shape index (κ3) is 3.20. The molecule has 0 saturated heterocycles. The highest BCUT2D eigenvalue weighted by Gasteiger charge is 2.31. The van der Waals surface area contributed by atoms with Crippen molar-refractivity contribution in [3.05, 3.63) is 34.3 Å². The van der Waals surface area contributed by atoms with Crippen LogP contribution in [0.1, 0.15) is 12.0 Å². The summed E-state index contributed by atoms with van der Waals surface area (Å²) in [5, 5.41) is 9.38. The molecule has 0 fully saturated rings. The van der Waals surface area contributed by atoms with E-state index in [2.05, 4.69) is 31.9 Å². The smallest absolute Gasteiger partial charge is 0.256 e. The van der Waals surface area contributed by atoms with Crippen LogP contribution in [-0.2, 0) is 4.79 Å². The Labute approximate surface area is 131 Å². The Morgan fingerprint density at radius 1 is 1.45 bits per heavy atom. The number of phenolic OH excluding ortho intramolecular Hbond substituents is 1. The fourth-order valence-electron chi connectivity index (χ4n) is 2.01. The molecule has 1 aromatic rings. The Balaban J connectivity index is 2.43. The number of phenols is 1. The molecule has 108 valence electrons. The number of nitrogens with zero attached hydrogens (tertiary/aromatic N) is 1. The van der Waals surface area contributed by atoms with Crippen LogP contribution in [0.25, 0.3) is 5.70 Å². The Morgan fingerprint density at radius 3 is 2.75 bits per heavy atom. The van der Waals surface area contributed by atoms with Gasteiger partial charge in [0.2, 0.25) is 5.91 Å². The molecule has 0 bridgehead atoms. The van der Waals surface area contributed by atoms with E-state index in [1.54, 1.807) is 12.1 Å². The van der Waals surface area contributed by atoms with Crippen LogP contribution in [0.4, 0.5) is 8.78 Å². The molecule has 20 heavy (non-hydrogen) atoms. The molecular formula is C13H11Br2F2NO2. The lowest BCUT2D eigenvalue weighted by Crippen LogP contribution is -2.41. The van der Waals surface area contributed by atoms with E-state index in [0.717, 1.165) is 4.90 Å². The molecule has 1 atom stereocenters. The summed E-state index contributed by atoms with van der Waals surface area (Å²) in [6.07, 6.45) is -0.447. The normalized spacial score (nSPS) is 19.4. The first-order valence-corrected chi connectivity index (χ1v) is 7.53. The molecular weight excluding hydrogens is 400 g/mol. The van der Waals surface area contributed by atoms with Gasteiger partial charge in [0, 0.05) is 15.7 Å². The van der Waals surface area contributed by atoms with Crippen LogP contribution in [0.3, 0.4) is 0 Å². The van der Waals surface area contributed by atoms with Crippen molar-refractivity contribution >= 4 is 43.5 Å². The molecule has 0 radical (unpaired) electrons. The zero-order valence-electron chi connectivity index (χ0n) is 10.2. The van der Waals surface area contributed by atoms with Crippen LogP contribution < -0.4 is 0 Å². The first-order chi connectivity index (χ1) is 9.40. The fraction of sp³-hybridized carbons (Fsp3) is 0.308. The van der Waals surface area contributed by atoms with E-state index in [4.69, 9.17) is 0 Å². The minimum atomic E-state index is -2.61. The van der Waals surface area contributed by atoms with Gasteiger partial charge in [-0.1, -0.05) is 22.0 Å². The summed E-state index contributed by atoms with van der Waals surface area (Å²) in [4.78, 5) is 12.7. The minimum Gasteiger partial charge on any atom is -0.508 e. The summed E-state index contributed by atoms with van der Waals surface area (Å²) in [6.45, 7) is -0.653. The Kier molecular flexibility index (Phi) is 4.80. The molecule has 0 spiro atoms. The number of aromatic hydroxyl groups is 1. The molecule has 0 aromatic heterocycles. The lowest BCUT2D eigenvalue weighted by Gasteiger charge is -2.31. The summed E-state index contributed by atoms with van der Waals surface area (Å²) >= 11 is 6.46. The van der Waals surface area contributed by atoms with Crippen LogP contribution in [-0.4, -0.2) is 33.7 Å². The number of carbonyl (C=O) groups is 1. The SMILES string of the molecule is O=C1C(Br)CC=C(c2ccc(O)cc2Br)N1CC(F)F. The van der Waals surface area contributed by atoms with Gasteiger partial charge >= 0.3 is 0 Å². The quantitative estimate of drug-likeness (QED) is 0.771. The van der Waals surface area contributed by atoms with Crippen molar-refractivity contribution in [2.45, 2.75) is 17.7 Å². The predicted octanol–water partition coefficient (Wildman–Crippen LogP) is 3.76. The van der Waals surface area contributed by atoms with Crippen LogP contribution in [0, 0.1) is 0 Å². The van der Waals surface area contributed by atoms with Gasteiger partial charge in [0.05, 0.1) is 11.4 Å². The van der Waals surface area contributed by atoms with Crippen LogP contribution in [0.5, 0.6) is 5.75 Å². The van der Waals surface area contributed by atoms with Crippen molar-refractivity contribution < 1.29 is 18.7 Å². The summed E-state index contributed by atoms with van der Waals surface area (Å²) in [5.74, 6) is -0.329. The zero-order valence-corrected chi connectivity index (χ0v) is 13.4. The Bertz CT molecular complexity index is 563. The highest BCUT2D eigenvalue weighted by atomic mass is 79.9. The van der Waals surface area contributed by atoms with E-state index >= 15 is 0 Å². The maximum atomic E-state index is 12.7. The first kappa shape index (κ1) is 15.4. The van der Waals surface area contributed by atoms with E-state index in [-0.39, 0.29) is 11.7 Å². The minimum absolute atomic E-state index is 0.0575. The summed E-state index contributed by atoms with van der Waals surface area (Å²) in [5.41, 5.74) is 1.02. The summed E-state index contributed by atoms with van der Waals surface area (Å²) in [7, 11) is 0. The van der Waals surface area contributed by atoms with Gasteiger partial charge in [-0.2, -0.15) is 0 Å². The number of halogens is 4. The van der Waals surface area contributed by atoms with Crippen LogP contribution >= 0.6 is 31.9 Å². The molecule has 3 nitrogen and oxygen atoms in total. The van der Waals surface area contributed by atoms with E-state index < -0.39 is 17.8 Å². The molecule has 1 amide bonds. The molecule has 1 heterocycles. The molecule has 1 aliphatic heterocycles. The largest absolute Gasteiger partial charge is 0.508 e. The van der Waals surface area contributed by atoms with Gasteiger partial charge in [0.1, 0.15) is 5.75 Å². The number of rotatable bonds is 3. The highest BCUT2D eigenvalue weighted by molar-refractivity contribution is 9.10. The van der Waals surface area contributed by atoms with E-state index in [9.17, 15) is 18.7 Å². The van der Waals surface area contributed by atoms with Gasteiger partial charge < -0.3 is 10.0 Å². The maximum absolute atomic E-state index is 12.7. The van der Waals surface area contributed by atoms with Gasteiger partial charge in [0.25, 0.3) is 6.43 Å². The zero-order chi connectivity index (χ0) is 14.9. The van der Waals surface area contributed by atoms with Crippen LogP contribution in [0.2, 0.25) is 0 Å². The van der Waals surface area contributed by atoms with E-state index in [1.807, 2.05) is 0 Å². The third-order valence-electron chi connectivity index (χ3n) is 2.89. The average Bonchev–Trinajstić information content (AvgIpc) is 2.36. The Morgan fingerprint density at radius 2 is 2.15 bits per heavy atom. The number of alkyl halides is 3. The second-order valence-electron chi connectivity index (χ2n) is 4.30. The second-order valence-corrected chi connectivity index (χ2v) is 6.26. The number of carbonyl (C=O) groups excluding carboxylic acids is 1. The third-order valence-corrected chi connectivity index (χ3v) is 4.31. The number of allylic oxidation sites excluding steroid dienone is 1. The van der Waals surface area contributed by atoms with Gasteiger partial charge in [-0.15, -0.1) is 0 Å². The molecule has 1 aromatic carbocycles. The van der Waals surface area contributed by atoms with Crippen molar-refractivity contribution in [2.24, 2.45) is 0 Å². The van der Waals surface area contributed by atoms with Crippen LogP contribution in [0.15, 0.2) is 28.7 Å². The van der Waals surface area contributed by atoms with Crippen molar-refractivity contribution in [3.8, 4) is 5.75 Å². The van der Waals surface area contributed by atoms with E-state index in [1.165, 1.54) is 12.1 Å². The van der Waals surface area contributed by atoms with Gasteiger partial charge in [-0.05, 0) is 40.5 Å². The second kappa shape index (κ2) is 6.22. The first-order valence-electron chi connectivity index (χ1n) is 5.82. The highest BCUT2D eigenvalue weighted by Crippen LogP contribution is 2.34. The number of hydrogen-bond donors (Lipinski definition) is 1. The molecule has 1 N–H and O–H groups in total. The van der Waals surface area contributed by atoms with E-state index in [0.29, 0.717) is 22.2 Å². The van der Waals surface area contributed by atoms with Crippen molar-refractivity contribution in [1.82, 2.24) is 4.90 Å². The molecule has 2 rings (SSSR count). The molecule has 1 aliphatic rings. The van der Waals surface area contributed by atoms with Crippen molar-refractivity contribution in [3.63, 3.8) is 0 Å². The Hall–Kier alpha value is -0.950. The lowest BCUT2D eigenvalue weighted by molar-refractivity contribution is -0.129. The molecule has 0 saturated carbocycles. The topological polar surface area (TPSA) is 40.5 Å². The van der Waals surface area contributed by atoms with Crippen molar-refractivity contribution in [2.75, 3.05) is 6.54 Å². The lowest BCUT2D eigenvalue weighted by atomic mass is 10.0. The standard InChI is InChI=1S/C13H11Br2F2NO2/c14-9-3-4-11(18(13(9)20)6-12(16)17)8-2-1-7(19)5-10(8)15/h1-2,4-5,9,12,19H,3,6H2. The monoisotopic (exact) mass is 409 g/mol. The maximum Gasteiger partial charge on any atom is 0.256 e. The summed E-state index contributed by atoms with van der Waals surface area (Å²) < 4.78 is 25.9. The molecule has 0 aliphatic carbocycles. The number of amides is 1. The average molecular weight is 411 g/mol. The predicted molar refractivity (Wildman–Crippen MR) is 78.8 cm³/mol. The molecule has 7 heteroatoms. The fourth-order valence-corrected chi connectivity index (χ4v) is 3.01. The van der Waals surface area contributed by atoms with Gasteiger partial charge in [0.15, 0.2) is 0 Å². The van der Waals surface area contributed by atoms with Gasteiger partial charge in [-0.3, -0.25) is 4.79 Å².